The van der Waals surface area contributed by atoms with Crippen LogP contribution < -0.4 is 4.74 Å². The van der Waals surface area contributed by atoms with E-state index in [9.17, 15) is 35.2 Å². The van der Waals surface area contributed by atoms with Crippen LogP contribution in [0.5, 0.6) is 5.75 Å². The first kappa shape index (κ1) is 23.0. The van der Waals surface area contributed by atoms with Crippen LogP contribution in [0.2, 0.25) is 0 Å². The fourth-order valence-electron chi connectivity index (χ4n) is 2.39. The highest BCUT2D eigenvalue weighted by atomic mass is 32.2. The van der Waals surface area contributed by atoms with Crippen molar-refractivity contribution >= 4 is 26.9 Å². The topological polar surface area (TPSA) is 89.9 Å². The van der Waals surface area contributed by atoms with Crippen molar-refractivity contribution in [3.8, 4) is 5.75 Å². The van der Waals surface area contributed by atoms with Gasteiger partial charge in [-0.25, -0.2) is 4.79 Å². The van der Waals surface area contributed by atoms with Crippen molar-refractivity contribution in [1.29, 1.82) is 0 Å². The molecule has 29 heavy (non-hydrogen) atoms. The fraction of sp³-hybridized carbons (Fsp3) is 0.353. The van der Waals surface area contributed by atoms with E-state index in [4.69, 9.17) is 9.29 Å². The number of carbonyl (C=O) groups excluding carboxylic acids is 1. The van der Waals surface area contributed by atoms with E-state index in [1.807, 2.05) is 19.1 Å². The second kappa shape index (κ2) is 8.20. The second-order valence-corrected chi connectivity index (χ2v) is 7.43. The van der Waals surface area contributed by atoms with Crippen LogP contribution in [0, 0.1) is 0 Å². The minimum Gasteiger partial charge on any atom is -0.425 e. The third kappa shape index (κ3) is 5.40. The minimum atomic E-state index is -6.45. The van der Waals surface area contributed by atoms with Crippen molar-refractivity contribution < 1.29 is 49.2 Å². The van der Waals surface area contributed by atoms with Gasteiger partial charge in [-0.05, 0) is 34.9 Å². The van der Waals surface area contributed by atoms with Gasteiger partial charge in [0.1, 0.15) is 12.4 Å². The van der Waals surface area contributed by atoms with Crippen molar-refractivity contribution in [2.45, 2.75) is 30.9 Å². The Labute approximate surface area is 162 Å². The Kier molecular flexibility index (Phi) is 6.50. The lowest BCUT2D eigenvalue weighted by atomic mass is 10.1. The molecule has 0 fully saturated rings. The van der Waals surface area contributed by atoms with E-state index < -0.39 is 40.2 Å². The van der Waals surface area contributed by atoms with Gasteiger partial charge in [0.25, 0.3) is 0 Å². The first-order valence-electron chi connectivity index (χ1n) is 8.02. The van der Waals surface area contributed by atoms with Crippen molar-refractivity contribution in [1.82, 2.24) is 0 Å². The molecular weight excluding hydrogens is 427 g/mol. The smallest absolute Gasteiger partial charge is 0.421 e. The molecule has 12 heteroatoms. The number of aryl methyl sites for hydroxylation is 1. The Morgan fingerprint density at radius 1 is 1.07 bits per heavy atom. The van der Waals surface area contributed by atoms with E-state index in [1.165, 1.54) is 12.1 Å². The van der Waals surface area contributed by atoms with Crippen LogP contribution in [-0.4, -0.2) is 43.1 Å². The van der Waals surface area contributed by atoms with Gasteiger partial charge < -0.3 is 9.47 Å². The highest BCUT2D eigenvalue weighted by molar-refractivity contribution is 7.86. The quantitative estimate of drug-likeness (QED) is 0.304. The molecule has 0 aliphatic rings. The maximum atomic E-state index is 13.4. The van der Waals surface area contributed by atoms with Gasteiger partial charge in [0.15, 0.2) is 0 Å². The predicted molar refractivity (Wildman–Crippen MR) is 91.3 cm³/mol. The second-order valence-electron chi connectivity index (χ2n) is 5.94. The summed E-state index contributed by atoms with van der Waals surface area (Å²) in [5, 5.41) is -4.25. The number of hydrogen-bond donors (Lipinski definition) is 1. The van der Waals surface area contributed by atoms with E-state index in [-0.39, 0.29) is 5.75 Å². The molecule has 0 spiro atoms. The minimum absolute atomic E-state index is 0.0829. The molecule has 2 aromatic rings. The summed E-state index contributed by atoms with van der Waals surface area (Å²) in [6.07, 6.45) is -9.36. The van der Waals surface area contributed by atoms with Crippen molar-refractivity contribution in [2.75, 3.05) is 6.61 Å². The van der Waals surface area contributed by atoms with Crippen LogP contribution >= 0.6 is 0 Å². The summed E-state index contributed by atoms with van der Waals surface area (Å²) in [5.41, 5.74) is 1.05. The molecule has 2 aromatic carbocycles. The van der Waals surface area contributed by atoms with Gasteiger partial charge in [-0.1, -0.05) is 31.2 Å². The molecule has 0 heterocycles. The third-order valence-electron chi connectivity index (χ3n) is 3.83. The molecule has 1 N–H and O–H groups in total. The van der Waals surface area contributed by atoms with Crippen LogP contribution in [0.4, 0.5) is 22.0 Å². The van der Waals surface area contributed by atoms with E-state index in [2.05, 4.69) is 4.74 Å². The average Bonchev–Trinajstić information content (AvgIpc) is 2.59. The highest BCUT2D eigenvalue weighted by Gasteiger charge is 2.64. The summed E-state index contributed by atoms with van der Waals surface area (Å²) in [6, 6.07) is 9.77. The lowest BCUT2D eigenvalue weighted by Crippen LogP contribution is -2.52. The highest BCUT2D eigenvalue weighted by Crippen LogP contribution is 2.38. The molecular formula is C17H15F5O6S. The number of fused-ring (bicyclic) bond motifs is 1. The number of alkyl halides is 5. The molecule has 2 rings (SSSR count). The Morgan fingerprint density at radius 3 is 2.21 bits per heavy atom. The number of esters is 1. The zero-order chi connectivity index (χ0) is 22.0. The summed E-state index contributed by atoms with van der Waals surface area (Å²) in [6.45, 7) is 0.319. The fourth-order valence-corrected chi connectivity index (χ4v) is 2.86. The van der Waals surface area contributed by atoms with Crippen molar-refractivity contribution in [3.05, 3.63) is 42.0 Å². The summed E-state index contributed by atoms with van der Waals surface area (Å²) in [7, 11) is -6.45. The largest absolute Gasteiger partial charge is 0.425 e. The van der Waals surface area contributed by atoms with E-state index in [0.29, 0.717) is 5.39 Å². The zero-order valence-corrected chi connectivity index (χ0v) is 15.6. The van der Waals surface area contributed by atoms with E-state index >= 15 is 0 Å². The van der Waals surface area contributed by atoms with Gasteiger partial charge >= 0.3 is 27.5 Å². The van der Waals surface area contributed by atoms with Crippen molar-refractivity contribution in [2.24, 2.45) is 0 Å². The molecule has 0 saturated heterocycles. The van der Waals surface area contributed by atoms with Crippen LogP contribution in [0.3, 0.4) is 0 Å². The van der Waals surface area contributed by atoms with Gasteiger partial charge in [0.2, 0.25) is 6.10 Å². The molecule has 0 aromatic heterocycles. The van der Waals surface area contributed by atoms with Gasteiger partial charge in [0, 0.05) is 0 Å². The number of halogens is 5. The predicted octanol–water partition coefficient (Wildman–Crippen LogP) is 3.74. The maximum Gasteiger partial charge on any atom is 0.421 e. The summed E-state index contributed by atoms with van der Waals surface area (Å²) in [4.78, 5) is 11.7. The van der Waals surface area contributed by atoms with E-state index in [1.54, 1.807) is 12.1 Å². The lowest BCUT2D eigenvalue weighted by molar-refractivity contribution is -0.263. The summed E-state index contributed by atoms with van der Waals surface area (Å²) >= 11 is 0. The van der Waals surface area contributed by atoms with Gasteiger partial charge in [-0.2, -0.15) is 30.4 Å². The molecule has 1 unspecified atom stereocenters. The Hall–Kier alpha value is -2.31. The summed E-state index contributed by atoms with van der Waals surface area (Å²) in [5.74, 6) is -1.56. The molecule has 1 atom stereocenters. The molecule has 0 aliphatic carbocycles. The molecule has 0 aliphatic heterocycles. The number of rotatable bonds is 7. The number of hydrogen-bond acceptors (Lipinski definition) is 5. The van der Waals surface area contributed by atoms with Crippen LogP contribution in [-0.2, 0) is 26.1 Å². The van der Waals surface area contributed by atoms with Gasteiger partial charge in [-0.3, -0.25) is 4.55 Å². The molecule has 0 bridgehead atoms. The normalized spacial score (nSPS) is 14.0. The Balaban J connectivity index is 2.12. The number of benzene rings is 2. The van der Waals surface area contributed by atoms with E-state index in [0.717, 1.165) is 17.4 Å². The first-order chi connectivity index (χ1) is 13.3. The van der Waals surface area contributed by atoms with Gasteiger partial charge in [0.05, 0.1) is 0 Å². The molecule has 0 radical (unpaired) electrons. The van der Waals surface area contributed by atoms with Crippen LogP contribution in [0.1, 0.15) is 12.5 Å². The molecule has 6 nitrogen and oxygen atoms in total. The SMILES string of the molecule is CCc1ccc2cc(OC(=O)COC(C(F)(F)F)C(F)(F)S(=O)(=O)O)ccc2c1. The van der Waals surface area contributed by atoms with Crippen LogP contribution in [0.15, 0.2) is 36.4 Å². The number of carbonyl (C=O) groups is 1. The lowest BCUT2D eigenvalue weighted by Gasteiger charge is -2.25. The first-order valence-corrected chi connectivity index (χ1v) is 9.46. The molecule has 0 saturated carbocycles. The zero-order valence-electron chi connectivity index (χ0n) is 14.7. The number of ether oxygens (including phenoxy) is 2. The average molecular weight is 442 g/mol. The third-order valence-corrected chi connectivity index (χ3v) is 4.73. The van der Waals surface area contributed by atoms with Crippen molar-refractivity contribution in [3.63, 3.8) is 0 Å². The molecule has 0 amide bonds. The standard InChI is InChI=1S/C17H15F5O6S/c1-2-10-3-4-12-8-13(6-5-11(12)7-10)28-14(23)9-27-15(16(18,19)20)17(21,22)29(24,25)26/h3-8,15H,2,9H2,1H3,(H,24,25,26). The Bertz CT molecular complexity index is 1000. The van der Waals surface area contributed by atoms with Crippen LogP contribution in [0.25, 0.3) is 10.8 Å². The monoisotopic (exact) mass is 442 g/mol. The summed E-state index contributed by atoms with van der Waals surface area (Å²) < 4.78 is 103. The molecule has 160 valence electrons. The Morgan fingerprint density at radius 2 is 1.66 bits per heavy atom. The van der Waals surface area contributed by atoms with Gasteiger partial charge in [-0.15, -0.1) is 0 Å². The maximum absolute atomic E-state index is 13.4.